The van der Waals surface area contributed by atoms with E-state index in [1.807, 2.05) is 6.20 Å². The highest BCUT2D eigenvalue weighted by Crippen LogP contribution is 2.28. The van der Waals surface area contributed by atoms with Crippen LogP contribution in [0.3, 0.4) is 0 Å². The fourth-order valence-corrected chi connectivity index (χ4v) is 2.27. The molecule has 1 N–H and O–H groups in total. The van der Waals surface area contributed by atoms with Gasteiger partial charge in [0, 0.05) is 6.54 Å². The summed E-state index contributed by atoms with van der Waals surface area (Å²) < 4.78 is 7.54. The van der Waals surface area contributed by atoms with Gasteiger partial charge < -0.3 is 10.1 Å². The second-order valence-electron chi connectivity index (χ2n) is 4.57. The Hall–Kier alpha value is -1.03. The average molecular weight is 253 g/mol. The van der Waals surface area contributed by atoms with Crippen LogP contribution in [0.25, 0.3) is 0 Å². The van der Waals surface area contributed by atoms with Crippen LogP contribution in [0, 0.1) is 0 Å². The molecule has 0 aliphatic heterocycles. The summed E-state index contributed by atoms with van der Waals surface area (Å²) in [5, 5.41) is 7.99. The van der Waals surface area contributed by atoms with Crippen molar-refractivity contribution in [3.8, 4) is 5.75 Å². The van der Waals surface area contributed by atoms with Crippen LogP contribution in [0.15, 0.2) is 6.20 Å². The van der Waals surface area contributed by atoms with E-state index in [9.17, 15) is 0 Å². The summed E-state index contributed by atoms with van der Waals surface area (Å²) in [6, 6.07) is 0.346. The smallest absolute Gasteiger partial charge is 0.161 e. The molecule has 4 heteroatoms. The number of rotatable bonds is 9. The van der Waals surface area contributed by atoms with Crippen molar-refractivity contribution in [3.05, 3.63) is 11.9 Å². The summed E-state index contributed by atoms with van der Waals surface area (Å²) in [6.07, 6.45) is 6.49. The number of unbranched alkanes of at least 4 members (excludes halogenated alkanes) is 1. The summed E-state index contributed by atoms with van der Waals surface area (Å²) in [7, 11) is 1.72. The van der Waals surface area contributed by atoms with Crippen molar-refractivity contribution >= 4 is 0 Å². The molecule has 1 heterocycles. The maximum Gasteiger partial charge on any atom is 0.161 e. The van der Waals surface area contributed by atoms with Crippen LogP contribution >= 0.6 is 0 Å². The highest BCUT2D eigenvalue weighted by Gasteiger charge is 2.20. The molecule has 104 valence electrons. The van der Waals surface area contributed by atoms with Gasteiger partial charge in [0.05, 0.1) is 25.0 Å². The van der Waals surface area contributed by atoms with Gasteiger partial charge >= 0.3 is 0 Å². The molecular formula is C14H27N3O. The van der Waals surface area contributed by atoms with Gasteiger partial charge in [0.2, 0.25) is 0 Å². The molecule has 0 fully saturated rings. The minimum Gasteiger partial charge on any atom is -0.493 e. The van der Waals surface area contributed by atoms with Crippen LogP contribution in [0.2, 0.25) is 0 Å². The number of nitrogens with one attached hydrogen (secondary N) is 1. The average Bonchev–Trinajstić information content (AvgIpc) is 2.78. The quantitative estimate of drug-likeness (QED) is 0.735. The van der Waals surface area contributed by atoms with Gasteiger partial charge in [0.1, 0.15) is 0 Å². The van der Waals surface area contributed by atoms with Gasteiger partial charge in [-0.2, -0.15) is 5.10 Å². The van der Waals surface area contributed by atoms with Gasteiger partial charge in [0.15, 0.2) is 5.75 Å². The summed E-state index contributed by atoms with van der Waals surface area (Å²) in [5.41, 5.74) is 1.20. The van der Waals surface area contributed by atoms with Crippen LogP contribution in [-0.4, -0.2) is 23.4 Å². The minimum absolute atomic E-state index is 0.346. The van der Waals surface area contributed by atoms with E-state index in [4.69, 9.17) is 4.74 Å². The second kappa shape index (κ2) is 8.14. The van der Waals surface area contributed by atoms with E-state index < -0.39 is 0 Å². The third-order valence-electron chi connectivity index (χ3n) is 3.13. The Labute approximate surface area is 111 Å². The number of ether oxygens (including phenoxy) is 1. The lowest BCUT2D eigenvalue weighted by molar-refractivity contribution is 0.382. The number of aryl methyl sites for hydroxylation is 1. The Bertz CT molecular complexity index is 336. The van der Waals surface area contributed by atoms with Gasteiger partial charge in [-0.25, -0.2) is 0 Å². The van der Waals surface area contributed by atoms with Crippen molar-refractivity contribution in [2.24, 2.45) is 0 Å². The van der Waals surface area contributed by atoms with Crippen LogP contribution in [0.4, 0.5) is 0 Å². The Kier molecular flexibility index (Phi) is 6.80. The topological polar surface area (TPSA) is 39.1 Å². The van der Waals surface area contributed by atoms with E-state index in [2.05, 4.69) is 35.9 Å². The van der Waals surface area contributed by atoms with Crippen molar-refractivity contribution in [1.29, 1.82) is 0 Å². The zero-order chi connectivity index (χ0) is 13.4. The summed E-state index contributed by atoms with van der Waals surface area (Å²) >= 11 is 0. The summed E-state index contributed by atoms with van der Waals surface area (Å²) in [4.78, 5) is 0. The van der Waals surface area contributed by atoms with Crippen LogP contribution in [0.5, 0.6) is 5.75 Å². The molecule has 0 amide bonds. The predicted molar refractivity (Wildman–Crippen MR) is 75.0 cm³/mol. The highest BCUT2D eigenvalue weighted by molar-refractivity contribution is 5.28. The maximum absolute atomic E-state index is 5.46. The van der Waals surface area contributed by atoms with Crippen molar-refractivity contribution in [2.45, 2.75) is 59.0 Å². The number of hydrogen-bond donors (Lipinski definition) is 1. The first kappa shape index (κ1) is 15.0. The molecule has 1 aromatic rings. The zero-order valence-corrected chi connectivity index (χ0v) is 12.2. The van der Waals surface area contributed by atoms with Crippen molar-refractivity contribution in [3.63, 3.8) is 0 Å². The fourth-order valence-electron chi connectivity index (χ4n) is 2.27. The van der Waals surface area contributed by atoms with Crippen LogP contribution in [0.1, 0.15) is 58.2 Å². The molecule has 0 spiro atoms. The number of nitrogens with zero attached hydrogens (tertiary/aromatic N) is 2. The molecule has 0 radical (unpaired) electrons. The van der Waals surface area contributed by atoms with Crippen molar-refractivity contribution in [2.75, 3.05) is 13.7 Å². The first-order valence-corrected chi connectivity index (χ1v) is 7.11. The monoisotopic (exact) mass is 253 g/mol. The number of hydrogen-bond acceptors (Lipinski definition) is 3. The summed E-state index contributed by atoms with van der Waals surface area (Å²) in [5.74, 6) is 0.908. The molecule has 0 aliphatic carbocycles. The van der Waals surface area contributed by atoms with Gasteiger partial charge in [-0.1, -0.05) is 33.6 Å². The van der Waals surface area contributed by atoms with Crippen molar-refractivity contribution < 1.29 is 4.74 Å². The molecule has 1 atom stereocenters. The SMILES string of the molecule is CCCCC(NCC)c1c(OC)cnn1CCC. The lowest BCUT2D eigenvalue weighted by Crippen LogP contribution is -2.24. The van der Waals surface area contributed by atoms with Gasteiger partial charge in [-0.3, -0.25) is 4.68 Å². The Morgan fingerprint density at radius 1 is 1.33 bits per heavy atom. The lowest BCUT2D eigenvalue weighted by atomic mass is 10.1. The third kappa shape index (κ3) is 3.73. The van der Waals surface area contributed by atoms with Gasteiger partial charge in [0.25, 0.3) is 0 Å². The number of methoxy groups -OCH3 is 1. The lowest BCUT2D eigenvalue weighted by Gasteiger charge is -2.20. The van der Waals surface area contributed by atoms with Crippen molar-refractivity contribution in [1.82, 2.24) is 15.1 Å². The minimum atomic E-state index is 0.346. The third-order valence-corrected chi connectivity index (χ3v) is 3.13. The Balaban J connectivity index is 2.94. The first-order valence-electron chi connectivity index (χ1n) is 7.11. The molecule has 1 aromatic heterocycles. The van der Waals surface area contributed by atoms with E-state index in [0.29, 0.717) is 6.04 Å². The highest BCUT2D eigenvalue weighted by atomic mass is 16.5. The second-order valence-corrected chi connectivity index (χ2v) is 4.57. The van der Waals surface area contributed by atoms with Gasteiger partial charge in [-0.05, 0) is 19.4 Å². The maximum atomic E-state index is 5.46. The standard InChI is InChI=1S/C14H27N3O/c1-5-8-9-12(15-7-3)14-13(18-4)11-16-17(14)10-6-2/h11-12,15H,5-10H2,1-4H3. The number of aromatic nitrogens is 2. The van der Waals surface area contributed by atoms with E-state index in [0.717, 1.165) is 31.7 Å². The largest absolute Gasteiger partial charge is 0.493 e. The Morgan fingerprint density at radius 3 is 2.67 bits per heavy atom. The Morgan fingerprint density at radius 2 is 2.11 bits per heavy atom. The molecule has 1 unspecified atom stereocenters. The van der Waals surface area contributed by atoms with Gasteiger partial charge in [-0.15, -0.1) is 0 Å². The first-order chi connectivity index (χ1) is 8.78. The van der Waals surface area contributed by atoms with Crippen LogP contribution in [-0.2, 0) is 6.54 Å². The molecule has 18 heavy (non-hydrogen) atoms. The van der Waals surface area contributed by atoms with Crippen LogP contribution < -0.4 is 10.1 Å². The molecule has 0 bridgehead atoms. The van der Waals surface area contributed by atoms with E-state index in [1.165, 1.54) is 18.5 Å². The molecule has 1 rings (SSSR count). The molecule has 0 aliphatic rings. The summed E-state index contributed by atoms with van der Waals surface area (Å²) in [6.45, 7) is 8.46. The van der Waals surface area contributed by atoms with E-state index in [-0.39, 0.29) is 0 Å². The van der Waals surface area contributed by atoms with E-state index >= 15 is 0 Å². The fraction of sp³-hybridized carbons (Fsp3) is 0.786. The van der Waals surface area contributed by atoms with E-state index in [1.54, 1.807) is 7.11 Å². The molecular weight excluding hydrogens is 226 g/mol. The molecule has 0 aromatic carbocycles. The molecule has 0 saturated heterocycles. The zero-order valence-electron chi connectivity index (χ0n) is 12.2. The molecule has 0 saturated carbocycles. The molecule has 4 nitrogen and oxygen atoms in total. The predicted octanol–water partition coefficient (Wildman–Crippen LogP) is 3.14. The normalized spacial score (nSPS) is 12.7.